The number of carbonyl (C=O) groups is 4. The molecule has 0 aliphatic carbocycles. The van der Waals surface area contributed by atoms with Crippen molar-refractivity contribution in [1.29, 1.82) is 0 Å². The van der Waals surface area contributed by atoms with Gasteiger partial charge in [0.15, 0.2) is 5.78 Å². The van der Waals surface area contributed by atoms with Gasteiger partial charge < -0.3 is 52.8 Å². The highest BCUT2D eigenvalue weighted by molar-refractivity contribution is 6.01. The molecule has 0 bridgehead atoms. The van der Waals surface area contributed by atoms with Crippen LogP contribution in [0.3, 0.4) is 0 Å². The second kappa shape index (κ2) is 25.3. The van der Waals surface area contributed by atoms with Crippen LogP contribution in [0.5, 0.6) is 0 Å². The summed E-state index contributed by atoms with van der Waals surface area (Å²) < 4.78 is 48.5. The topological polar surface area (TPSA) is 228 Å². The van der Waals surface area contributed by atoms with E-state index in [4.69, 9.17) is 49.1 Å². The molecule has 54 heavy (non-hydrogen) atoms. The van der Waals surface area contributed by atoms with Gasteiger partial charge >= 0.3 is 18.2 Å². The van der Waals surface area contributed by atoms with E-state index in [9.17, 15) is 29.4 Å². The van der Waals surface area contributed by atoms with E-state index in [1.54, 1.807) is 48.5 Å². The molecule has 1 unspecified atom stereocenters. The van der Waals surface area contributed by atoms with Crippen molar-refractivity contribution in [1.82, 2.24) is 10.6 Å². The zero-order valence-corrected chi connectivity index (χ0v) is 32.7. The van der Waals surface area contributed by atoms with Crippen molar-refractivity contribution in [2.75, 3.05) is 73.2 Å². The number of rotatable bonds is 22. The number of amides is 2. The first-order valence-electron chi connectivity index (χ1n) is 17.6. The lowest BCUT2D eigenvalue weighted by Gasteiger charge is -2.39. The number of guanidine groups is 1. The number of esters is 1. The second-order valence-electron chi connectivity index (χ2n) is 13.9. The average molecular weight is 774 g/mol. The molecule has 0 fully saturated rings. The van der Waals surface area contributed by atoms with E-state index in [2.05, 4.69) is 21.5 Å². The molecule has 0 radical (unpaired) electrons. The number of aliphatic hydroxyl groups excluding tert-OH is 2. The first-order chi connectivity index (χ1) is 25.4. The van der Waals surface area contributed by atoms with Crippen molar-refractivity contribution in [2.24, 2.45) is 10.9 Å². The third-order valence-electron chi connectivity index (χ3n) is 6.92. The van der Waals surface area contributed by atoms with Crippen molar-refractivity contribution in [3.05, 3.63) is 11.8 Å². The number of ether oxygens (including phenoxy) is 9. The van der Waals surface area contributed by atoms with Crippen LogP contribution in [0.25, 0.3) is 0 Å². The molecule has 0 spiro atoms. The quantitative estimate of drug-likeness (QED) is 0.0306. The highest BCUT2D eigenvalue weighted by atomic mass is 16.6. The van der Waals surface area contributed by atoms with Gasteiger partial charge in [-0.3, -0.25) is 15.4 Å². The Hall–Kier alpha value is -3.83. The van der Waals surface area contributed by atoms with E-state index in [0.717, 1.165) is 7.11 Å². The van der Waals surface area contributed by atoms with Crippen LogP contribution in [0, 0.1) is 18.3 Å². The molecule has 4 N–H and O–H groups in total. The van der Waals surface area contributed by atoms with Crippen LogP contribution in [-0.4, -0.2) is 149 Å². The third kappa shape index (κ3) is 21.2. The Morgan fingerprint density at radius 2 is 1.43 bits per heavy atom. The van der Waals surface area contributed by atoms with Crippen LogP contribution in [0.1, 0.15) is 61.3 Å². The van der Waals surface area contributed by atoms with Crippen molar-refractivity contribution in [2.45, 2.75) is 96.9 Å². The number of methoxy groups -OCH3 is 1. The zero-order valence-electron chi connectivity index (χ0n) is 32.7. The fraction of sp³-hybridized carbons (Fsp3) is 0.750. The van der Waals surface area contributed by atoms with E-state index >= 15 is 0 Å². The second-order valence-corrected chi connectivity index (χ2v) is 13.9. The van der Waals surface area contributed by atoms with Gasteiger partial charge in [-0.15, -0.1) is 6.42 Å². The van der Waals surface area contributed by atoms with Gasteiger partial charge in [0.25, 0.3) is 0 Å². The summed E-state index contributed by atoms with van der Waals surface area (Å²) >= 11 is 0. The minimum absolute atomic E-state index is 0.0930. The molecule has 0 saturated heterocycles. The number of aliphatic imine (C=N–C) groups is 1. The lowest BCUT2D eigenvalue weighted by Crippen LogP contribution is -2.52. The Labute approximate surface area is 317 Å². The number of carbonyl (C=O) groups excluding carboxylic acids is 4. The van der Waals surface area contributed by atoms with Crippen LogP contribution < -0.4 is 10.6 Å². The summed E-state index contributed by atoms with van der Waals surface area (Å²) in [6, 6.07) is -1.03. The SMILES string of the molecule is C#CCOCCOCCOCCOCCCC(=O)CO[C@@H]([C@@H]1OC(C(=O)OC)=CC(N=C(NC(=O)OC(C)(C)C)NC(=O)OC(C)(C)C)[C@H]1C)[C@H](O)CO. The fourth-order valence-corrected chi connectivity index (χ4v) is 4.53. The van der Waals surface area contributed by atoms with Gasteiger partial charge in [0.1, 0.15) is 42.7 Å². The molecular formula is C36H59N3O15. The fourth-order valence-electron chi connectivity index (χ4n) is 4.53. The lowest BCUT2D eigenvalue weighted by molar-refractivity contribution is -0.161. The average Bonchev–Trinajstić information content (AvgIpc) is 3.07. The molecule has 0 aromatic heterocycles. The van der Waals surface area contributed by atoms with E-state index in [1.807, 2.05) is 0 Å². The maximum atomic E-state index is 12.7. The molecule has 0 saturated carbocycles. The van der Waals surface area contributed by atoms with Crippen LogP contribution in [0.15, 0.2) is 16.8 Å². The van der Waals surface area contributed by atoms with Crippen molar-refractivity contribution >= 4 is 29.9 Å². The summed E-state index contributed by atoms with van der Waals surface area (Å²) in [7, 11) is 1.13. The summed E-state index contributed by atoms with van der Waals surface area (Å²) in [5.74, 6) is -0.318. The molecule has 1 heterocycles. The third-order valence-corrected chi connectivity index (χ3v) is 6.92. The number of terminal acetylenes is 1. The molecule has 1 aliphatic rings. The summed E-state index contributed by atoms with van der Waals surface area (Å²) in [5.41, 5.74) is -1.78. The molecule has 308 valence electrons. The monoisotopic (exact) mass is 773 g/mol. The molecule has 18 heteroatoms. The molecule has 5 atom stereocenters. The van der Waals surface area contributed by atoms with E-state index in [0.29, 0.717) is 46.1 Å². The zero-order chi connectivity index (χ0) is 40.7. The summed E-state index contributed by atoms with van der Waals surface area (Å²) in [6.45, 7) is 13.1. The number of nitrogens with one attached hydrogen (secondary N) is 2. The number of hydrogen-bond acceptors (Lipinski definition) is 16. The Bertz CT molecular complexity index is 1240. The molecule has 0 aromatic carbocycles. The molecule has 18 nitrogen and oxygen atoms in total. The van der Waals surface area contributed by atoms with Crippen LogP contribution in [0.2, 0.25) is 0 Å². The number of alkyl carbamates (subject to hydrolysis) is 2. The summed E-state index contributed by atoms with van der Waals surface area (Å²) in [4.78, 5) is 55.2. The van der Waals surface area contributed by atoms with E-state index in [1.165, 1.54) is 6.08 Å². The highest BCUT2D eigenvalue weighted by Gasteiger charge is 2.43. The van der Waals surface area contributed by atoms with Gasteiger partial charge in [-0.2, -0.15) is 0 Å². The van der Waals surface area contributed by atoms with Crippen molar-refractivity contribution in [3.8, 4) is 12.3 Å². The summed E-state index contributed by atoms with van der Waals surface area (Å²) in [5, 5.41) is 25.4. The maximum absolute atomic E-state index is 12.7. The molecule has 2 amide bonds. The van der Waals surface area contributed by atoms with E-state index < -0.39 is 72.8 Å². The number of aliphatic hydroxyl groups is 2. The first kappa shape index (κ1) is 48.2. The Kier molecular flexibility index (Phi) is 22.6. The lowest BCUT2D eigenvalue weighted by atomic mass is 9.87. The van der Waals surface area contributed by atoms with Crippen LogP contribution >= 0.6 is 0 Å². The minimum atomic E-state index is -1.55. The highest BCUT2D eigenvalue weighted by Crippen LogP contribution is 2.31. The van der Waals surface area contributed by atoms with Crippen molar-refractivity contribution < 1.29 is 72.0 Å². The Morgan fingerprint density at radius 1 is 0.907 bits per heavy atom. The smallest absolute Gasteiger partial charge is 0.414 e. The largest absolute Gasteiger partial charge is 0.480 e. The normalized spacial score (nSPS) is 18.2. The summed E-state index contributed by atoms with van der Waals surface area (Å²) in [6.07, 6.45) is 0.902. The predicted molar refractivity (Wildman–Crippen MR) is 193 cm³/mol. The van der Waals surface area contributed by atoms with Gasteiger partial charge in [-0.25, -0.2) is 19.4 Å². The molecule has 1 aliphatic heterocycles. The van der Waals surface area contributed by atoms with Crippen molar-refractivity contribution in [3.63, 3.8) is 0 Å². The number of nitrogens with zero attached hydrogens (tertiary/aromatic N) is 1. The van der Waals surface area contributed by atoms with Gasteiger partial charge in [0.05, 0.1) is 59.4 Å². The number of ketones is 1. The first-order valence-corrected chi connectivity index (χ1v) is 17.6. The van der Waals surface area contributed by atoms with Gasteiger partial charge in [-0.1, -0.05) is 12.8 Å². The minimum Gasteiger partial charge on any atom is -0.480 e. The maximum Gasteiger partial charge on any atom is 0.414 e. The molecule has 1 rings (SSSR count). The van der Waals surface area contributed by atoms with Crippen LogP contribution in [0.4, 0.5) is 9.59 Å². The van der Waals surface area contributed by atoms with Gasteiger partial charge in [0, 0.05) is 18.9 Å². The standard InChI is InChI=1S/C36H59N3O15/c1-10-13-47-15-17-49-19-20-50-18-16-48-14-11-12-25(41)23-51-30(27(42)22-40)29-24(2)26(21-28(52-29)31(43)46-9)37-32(38-33(44)53-35(3,4)5)39-34(45)54-36(6,7)8/h1,21,24,26-27,29-30,40,42H,11-20,22-23H2,2-9H3,(H2,37,38,39,44,45)/t24-,26?,27-,29-,30-/m1/s1. The Balaban J connectivity index is 2.94. The number of hydrogen-bond donors (Lipinski definition) is 4. The predicted octanol–water partition coefficient (Wildman–Crippen LogP) is 1.64. The number of Topliss-reactive ketones (excluding diaryl/α,β-unsaturated/α-hetero) is 1. The van der Waals surface area contributed by atoms with Gasteiger partial charge in [0.2, 0.25) is 11.7 Å². The van der Waals surface area contributed by atoms with Crippen LogP contribution in [-0.2, 0) is 52.2 Å². The Morgan fingerprint density at radius 3 is 1.91 bits per heavy atom. The molecular weight excluding hydrogens is 714 g/mol. The molecule has 0 aromatic rings. The van der Waals surface area contributed by atoms with E-state index in [-0.39, 0.29) is 37.1 Å². The van der Waals surface area contributed by atoms with Gasteiger partial charge in [-0.05, 0) is 54.0 Å².